The maximum Gasteiger partial charge on any atom is 0.247 e. The second-order valence-corrected chi connectivity index (χ2v) is 10.6. The van der Waals surface area contributed by atoms with Crippen LogP contribution in [0.1, 0.15) is 50.8 Å². The molecule has 12 heteroatoms. The van der Waals surface area contributed by atoms with Crippen LogP contribution in [0, 0.1) is 22.7 Å². The average Bonchev–Trinajstić information content (AvgIpc) is 3.59. The van der Waals surface area contributed by atoms with Crippen LogP contribution in [0.5, 0.6) is 0 Å². The van der Waals surface area contributed by atoms with Gasteiger partial charge in [-0.3, -0.25) is 0 Å². The minimum absolute atomic E-state index is 0.186. The van der Waals surface area contributed by atoms with Gasteiger partial charge in [0.25, 0.3) is 0 Å². The zero-order valence-electron chi connectivity index (χ0n) is 20.8. The number of anilines is 4. The number of hydrogen-bond acceptors (Lipinski definition) is 10. The van der Waals surface area contributed by atoms with Crippen molar-refractivity contribution < 1.29 is 5.11 Å². The molecule has 0 spiro atoms. The highest BCUT2D eigenvalue weighted by Gasteiger charge is 2.26. The molecule has 1 aromatic carbocycles. The number of hydrogen-bond donors (Lipinski definition) is 4. The fraction of sp³-hybridized carbons (Fsp3) is 0.480. The molecule has 1 aliphatic carbocycles. The Labute approximate surface area is 220 Å². The van der Waals surface area contributed by atoms with E-state index in [1.54, 1.807) is 26.0 Å². The Morgan fingerprint density at radius 1 is 1.19 bits per heavy atom. The second kappa shape index (κ2) is 10.0. The van der Waals surface area contributed by atoms with Crippen molar-refractivity contribution in [3.05, 3.63) is 34.6 Å². The zero-order chi connectivity index (χ0) is 26.2. The predicted molar refractivity (Wildman–Crippen MR) is 141 cm³/mol. The molecular formula is C25H29ClN10O. The summed E-state index contributed by atoms with van der Waals surface area (Å²) in [6.45, 7) is 5.54. The van der Waals surface area contributed by atoms with E-state index in [1.807, 2.05) is 0 Å². The van der Waals surface area contributed by atoms with Crippen molar-refractivity contribution in [1.29, 1.82) is 10.5 Å². The summed E-state index contributed by atoms with van der Waals surface area (Å²) >= 11 is 6.89. The summed E-state index contributed by atoms with van der Waals surface area (Å²) in [6, 6.07) is 8.29. The van der Waals surface area contributed by atoms with Crippen LogP contribution in [-0.4, -0.2) is 62.0 Å². The number of fused-ring (bicyclic) bond motifs is 1. The molecule has 0 radical (unpaired) electrons. The summed E-state index contributed by atoms with van der Waals surface area (Å²) in [5.74, 6) is 0.766. The van der Waals surface area contributed by atoms with Gasteiger partial charge in [0, 0.05) is 31.7 Å². The molecule has 2 aromatic heterocycles. The van der Waals surface area contributed by atoms with E-state index in [4.69, 9.17) is 11.6 Å². The Kier molecular flexibility index (Phi) is 6.78. The van der Waals surface area contributed by atoms with Gasteiger partial charge in [-0.05, 0) is 51.7 Å². The molecule has 0 unspecified atom stereocenters. The summed E-state index contributed by atoms with van der Waals surface area (Å²) in [4.78, 5) is 11.1. The summed E-state index contributed by atoms with van der Waals surface area (Å²) < 4.78 is 1.45. The Bertz CT molecular complexity index is 1400. The van der Waals surface area contributed by atoms with E-state index >= 15 is 0 Å². The molecule has 0 bridgehead atoms. The van der Waals surface area contributed by atoms with Crippen molar-refractivity contribution in [2.75, 3.05) is 35.2 Å². The van der Waals surface area contributed by atoms with Gasteiger partial charge in [-0.2, -0.15) is 20.0 Å². The van der Waals surface area contributed by atoms with E-state index < -0.39 is 5.60 Å². The highest BCUT2D eigenvalue weighted by Crippen LogP contribution is 2.37. The molecule has 37 heavy (non-hydrogen) atoms. The lowest BCUT2D eigenvalue weighted by Crippen LogP contribution is -2.49. The Morgan fingerprint density at radius 3 is 2.70 bits per heavy atom. The van der Waals surface area contributed by atoms with Gasteiger partial charge >= 0.3 is 0 Å². The number of imidazole rings is 1. The normalized spacial score (nSPS) is 17.9. The molecule has 2 fully saturated rings. The molecule has 3 aromatic rings. The maximum absolute atomic E-state index is 10.1. The van der Waals surface area contributed by atoms with Crippen LogP contribution in [0.2, 0.25) is 5.02 Å². The lowest BCUT2D eigenvalue weighted by Gasteiger charge is -2.36. The number of nitriles is 2. The van der Waals surface area contributed by atoms with E-state index in [0.717, 1.165) is 37.9 Å². The monoisotopic (exact) mass is 520 g/mol. The third-order valence-corrected chi connectivity index (χ3v) is 6.81. The Morgan fingerprint density at radius 2 is 2.00 bits per heavy atom. The fourth-order valence-electron chi connectivity index (χ4n) is 4.40. The molecule has 0 amide bonds. The van der Waals surface area contributed by atoms with Crippen LogP contribution in [0.3, 0.4) is 0 Å². The number of rotatable bonds is 8. The highest BCUT2D eigenvalue weighted by atomic mass is 35.5. The first-order valence-electron chi connectivity index (χ1n) is 12.4. The molecule has 1 saturated heterocycles. The number of nitrogens with one attached hydrogen (secondary N) is 3. The van der Waals surface area contributed by atoms with E-state index in [2.05, 4.69) is 48.1 Å². The standard InChI is InChI=1S/C25H29ClN10O/c1-25(2,37)14-30-17-4-3-7-35(13-17)20-9-15(10-27)8-19(21(20)26)32-24-33-22(31-16-5-6-16)23-29-12-18(11-28)36(23)34-24/h8-9,12,16-17,30,37H,3-7,13-14H2,1-2H3,(H2,31,32,33,34)/t17-/m1/s1. The van der Waals surface area contributed by atoms with Gasteiger partial charge in [0.2, 0.25) is 5.95 Å². The number of piperidine rings is 1. The van der Waals surface area contributed by atoms with Crippen molar-refractivity contribution in [3.8, 4) is 12.1 Å². The Balaban J connectivity index is 1.45. The third kappa shape index (κ3) is 5.70. The van der Waals surface area contributed by atoms with E-state index in [-0.39, 0.29) is 17.7 Å². The first-order valence-corrected chi connectivity index (χ1v) is 12.8. The van der Waals surface area contributed by atoms with E-state index in [9.17, 15) is 15.6 Å². The van der Waals surface area contributed by atoms with Gasteiger partial charge in [0.05, 0.1) is 39.8 Å². The van der Waals surface area contributed by atoms with Crippen LogP contribution in [0.25, 0.3) is 5.65 Å². The first-order chi connectivity index (χ1) is 17.7. The third-order valence-electron chi connectivity index (χ3n) is 6.41. The molecule has 5 rings (SSSR count). The molecule has 4 N–H and O–H groups in total. The lowest BCUT2D eigenvalue weighted by atomic mass is 10.0. The lowest BCUT2D eigenvalue weighted by molar-refractivity contribution is 0.0757. The summed E-state index contributed by atoms with van der Waals surface area (Å²) in [6.07, 6.45) is 5.50. The van der Waals surface area contributed by atoms with Crippen molar-refractivity contribution in [2.45, 2.75) is 57.2 Å². The predicted octanol–water partition coefficient (Wildman–Crippen LogP) is 3.17. The van der Waals surface area contributed by atoms with Crippen LogP contribution in [-0.2, 0) is 0 Å². The average molecular weight is 521 g/mol. The minimum Gasteiger partial charge on any atom is -0.389 e. The fourth-order valence-corrected chi connectivity index (χ4v) is 4.68. The SMILES string of the molecule is CC(C)(O)CN[C@@H]1CCCN(c2cc(C#N)cc(Nc3nc(NC4CC4)c4ncc(C#N)n4n3)c2Cl)C1. The molecular weight excluding hydrogens is 492 g/mol. The molecule has 11 nitrogen and oxygen atoms in total. The van der Waals surface area contributed by atoms with Gasteiger partial charge in [-0.25, -0.2) is 4.98 Å². The van der Waals surface area contributed by atoms with Crippen molar-refractivity contribution in [3.63, 3.8) is 0 Å². The quantitative estimate of drug-likeness (QED) is 0.348. The molecule has 1 saturated carbocycles. The van der Waals surface area contributed by atoms with Crippen LogP contribution in [0.4, 0.5) is 23.1 Å². The second-order valence-electron chi connectivity index (χ2n) is 10.3. The molecule has 3 heterocycles. The van der Waals surface area contributed by atoms with Gasteiger partial charge in [0.1, 0.15) is 6.07 Å². The summed E-state index contributed by atoms with van der Waals surface area (Å²) in [7, 11) is 0. The Hall–Kier alpha value is -3.64. The van der Waals surface area contributed by atoms with E-state index in [0.29, 0.717) is 46.9 Å². The molecule has 1 aliphatic heterocycles. The number of benzene rings is 1. The topological polar surface area (TPSA) is 150 Å². The first kappa shape index (κ1) is 25.0. The molecule has 192 valence electrons. The molecule has 1 atom stereocenters. The van der Waals surface area contributed by atoms with Gasteiger partial charge in [0.15, 0.2) is 17.2 Å². The van der Waals surface area contributed by atoms with Crippen molar-refractivity contribution >= 4 is 40.4 Å². The number of nitrogens with zero attached hydrogens (tertiary/aromatic N) is 7. The number of aliphatic hydroxyl groups is 1. The van der Waals surface area contributed by atoms with E-state index in [1.165, 1.54) is 10.7 Å². The summed E-state index contributed by atoms with van der Waals surface area (Å²) in [5, 5.41) is 44.2. The van der Waals surface area contributed by atoms with Gasteiger partial charge in [-0.1, -0.05) is 11.6 Å². The van der Waals surface area contributed by atoms with Crippen molar-refractivity contribution in [1.82, 2.24) is 24.9 Å². The van der Waals surface area contributed by atoms with Crippen LogP contribution in [0.15, 0.2) is 18.3 Å². The largest absolute Gasteiger partial charge is 0.389 e. The van der Waals surface area contributed by atoms with Crippen LogP contribution >= 0.6 is 11.6 Å². The van der Waals surface area contributed by atoms with Crippen molar-refractivity contribution in [2.24, 2.45) is 0 Å². The maximum atomic E-state index is 10.1. The molecule has 2 aliphatic rings. The minimum atomic E-state index is -0.799. The number of aromatic nitrogens is 4. The van der Waals surface area contributed by atoms with Gasteiger partial charge in [-0.15, -0.1) is 5.10 Å². The smallest absolute Gasteiger partial charge is 0.247 e. The van der Waals surface area contributed by atoms with Crippen LogP contribution < -0.4 is 20.9 Å². The zero-order valence-corrected chi connectivity index (χ0v) is 21.5. The van der Waals surface area contributed by atoms with Gasteiger partial charge < -0.3 is 26.0 Å². The highest BCUT2D eigenvalue weighted by molar-refractivity contribution is 6.36. The number of halogens is 1. The summed E-state index contributed by atoms with van der Waals surface area (Å²) in [5.41, 5.74) is 1.66.